The highest BCUT2D eigenvalue weighted by Crippen LogP contribution is 2.39. The van der Waals surface area contributed by atoms with Crippen molar-refractivity contribution < 1.29 is 14.6 Å². The highest BCUT2D eigenvalue weighted by atomic mass is 16.5. The number of carboxylic acid groups (broad SMARTS) is 1. The molecule has 0 unspecified atom stereocenters. The number of aliphatic carboxylic acids is 1. The van der Waals surface area contributed by atoms with Crippen molar-refractivity contribution in [1.82, 2.24) is 0 Å². The molecular weight excluding hydrogens is 216 g/mol. The molecule has 3 nitrogen and oxygen atoms in total. The van der Waals surface area contributed by atoms with E-state index in [9.17, 15) is 9.90 Å². The molecule has 0 bridgehead atoms. The molecule has 1 aromatic rings. The van der Waals surface area contributed by atoms with Gasteiger partial charge in [0, 0.05) is 11.1 Å². The van der Waals surface area contributed by atoms with Crippen LogP contribution in [0.15, 0.2) is 23.8 Å². The van der Waals surface area contributed by atoms with E-state index in [1.807, 2.05) is 25.1 Å². The summed E-state index contributed by atoms with van der Waals surface area (Å²) < 4.78 is 5.31. The minimum Gasteiger partial charge on any atom is -0.496 e. The number of methoxy groups -OCH3 is 1. The van der Waals surface area contributed by atoms with Crippen molar-refractivity contribution in [2.24, 2.45) is 0 Å². The largest absolute Gasteiger partial charge is 0.496 e. The quantitative estimate of drug-likeness (QED) is 0.815. The lowest BCUT2D eigenvalue weighted by atomic mass is 10.00. The van der Waals surface area contributed by atoms with Crippen molar-refractivity contribution in [1.29, 1.82) is 0 Å². The zero-order chi connectivity index (χ0) is 12.4. The van der Waals surface area contributed by atoms with Gasteiger partial charge >= 0.3 is 5.97 Å². The maximum Gasteiger partial charge on any atom is 0.331 e. The van der Waals surface area contributed by atoms with E-state index in [1.54, 1.807) is 7.11 Å². The summed E-state index contributed by atoms with van der Waals surface area (Å²) in [6, 6.07) is 5.82. The van der Waals surface area contributed by atoms with Crippen molar-refractivity contribution in [2.45, 2.75) is 26.2 Å². The van der Waals surface area contributed by atoms with Crippen molar-refractivity contribution in [3.63, 3.8) is 0 Å². The van der Waals surface area contributed by atoms with Gasteiger partial charge in [0.2, 0.25) is 0 Å². The van der Waals surface area contributed by atoms with Crippen LogP contribution in [0.2, 0.25) is 0 Å². The molecule has 0 heterocycles. The topological polar surface area (TPSA) is 46.5 Å². The van der Waals surface area contributed by atoms with Gasteiger partial charge in [-0.1, -0.05) is 19.1 Å². The highest BCUT2D eigenvalue weighted by Gasteiger charge is 2.24. The Hall–Kier alpha value is -1.77. The van der Waals surface area contributed by atoms with E-state index in [1.165, 1.54) is 0 Å². The molecule has 1 aromatic carbocycles. The fourth-order valence-corrected chi connectivity index (χ4v) is 2.49. The molecule has 1 N–H and O–H groups in total. The zero-order valence-electron chi connectivity index (χ0n) is 10.1. The number of rotatable bonds is 3. The predicted octanol–water partition coefficient (Wildman–Crippen LogP) is 2.89. The predicted molar refractivity (Wildman–Crippen MR) is 66.2 cm³/mol. The Balaban J connectivity index is 2.57. The van der Waals surface area contributed by atoms with Crippen molar-refractivity contribution in [3.8, 4) is 5.75 Å². The van der Waals surface area contributed by atoms with Gasteiger partial charge in [0.1, 0.15) is 5.75 Å². The molecule has 0 aromatic heterocycles. The van der Waals surface area contributed by atoms with Crippen LogP contribution in [-0.2, 0) is 11.2 Å². The minimum absolute atomic E-state index is 0.525. The maximum atomic E-state index is 11.2. The molecule has 0 aliphatic heterocycles. The monoisotopic (exact) mass is 232 g/mol. The van der Waals surface area contributed by atoms with Gasteiger partial charge < -0.3 is 9.84 Å². The third-order valence-corrected chi connectivity index (χ3v) is 3.28. The summed E-state index contributed by atoms with van der Waals surface area (Å²) in [5.41, 5.74) is 3.67. The molecule has 1 aliphatic carbocycles. The first-order chi connectivity index (χ1) is 8.19. The number of benzene rings is 1. The number of carbonyl (C=O) groups is 1. The molecule has 0 radical (unpaired) electrons. The van der Waals surface area contributed by atoms with Gasteiger partial charge in [-0.25, -0.2) is 4.79 Å². The van der Waals surface area contributed by atoms with Crippen LogP contribution in [0, 0.1) is 0 Å². The smallest absolute Gasteiger partial charge is 0.331 e. The second kappa shape index (κ2) is 4.62. The van der Waals surface area contributed by atoms with Gasteiger partial charge in [-0.05, 0) is 36.5 Å². The number of ether oxygens (including phenoxy) is 1. The summed E-state index contributed by atoms with van der Waals surface area (Å²) in [4.78, 5) is 11.2. The Bertz CT molecular complexity index is 486. The Morgan fingerprint density at radius 1 is 1.41 bits per heavy atom. The van der Waals surface area contributed by atoms with Crippen LogP contribution < -0.4 is 4.74 Å². The minimum atomic E-state index is -0.807. The lowest BCUT2D eigenvalue weighted by molar-refractivity contribution is -0.132. The molecule has 0 fully saturated rings. The van der Waals surface area contributed by atoms with E-state index < -0.39 is 5.97 Å². The van der Waals surface area contributed by atoms with Crippen LogP contribution >= 0.6 is 0 Å². The van der Waals surface area contributed by atoms with Gasteiger partial charge in [0.15, 0.2) is 0 Å². The molecule has 2 rings (SSSR count). The molecule has 0 saturated heterocycles. The molecule has 3 heteroatoms. The Morgan fingerprint density at radius 3 is 2.76 bits per heavy atom. The number of allylic oxidation sites excluding steroid dienone is 1. The lowest BCUT2D eigenvalue weighted by Crippen LogP contribution is -2.02. The van der Waals surface area contributed by atoms with Crippen LogP contribution in [0.3, 0.4) is 0 Å². The first-order valence-corrected chi connectivity index (χ1v) is 5.80. The molecule has 0 spiro atoms. The van der Waals surface area contributed by atoms with E-state index in [2.05, 4.69) is 0 Å². The van der Waals surface area contributed by atoms with Gasteiger partial charge in [0.05, 0.1) is 7.11 Å². The standard InChI is InChI=1S/C14H16O3/c1-3-9(14(15)16)11-7-8-12-10(11)5-4-6-13(12)17-2/h4-6H,3,7-8H2,1-2H3,(H,15,16). The fraction of sp³-hybridized carbons (Fsp3) is 0.357. The summed E-state index contributed by atoms with van der Waals surface area (Å²) in [7, 11) is 1.65. The van der Waals surface area contributed by atoms with Crippen LogP contribution in [0.4, 0.5) is 0 Å². The lowest BCUT2D eigenvalue weighted by Gasteiger charge is -2.08. The number of carboxylic acids is 1. The summed E-state index contributed by atoms with van der Waals surface area (Å²) >= 11 is 0. The summed E-state index contributed by atoms with van der Waals surface area (Å²) in [5, 5.41) is 9.20. The van der Waals surface area contributed by atoms with Gasteiger partial charge in [0.25, 0.3) is 0 Å². The number of hydrogen-bond acceptors (Lipinski definition) is 2. The number of hydrogen-bond donors (Lipinski definition) is 1. The number of fused-ring (bicyclic) bond motifs is 1. The van der Waals surface area contributed by atoms with E-state index in [4.69, 9.17) is 4.74 Å². The second-order valence-electron chi connectivity index (χ2n) is 4.10. The molecule has 1 aliphatic rings. The zero-order valence-corrected chi connectivity index (χ0v) is 10.1. The van der Waals surface area contributed by atoms with Gasteiger partial charge in [-0.2, -0.15) is 0 Å². The van der Waals surface area contributed by atoms with Gasteiger partial charge in [-0.15, -0.1) is 0 Å². The average molecular weight is 232 g/mol. The van der Waals surface area contributed by atoms with Crippen LogP contribution in [0.25, 0.3) is 5.57 Å². The molecule has 0 amide bonds. The second-order valence-corrected chi connectivity index (χ2v) is 4.10. The average Bonchev–Trinajstić information content (AvgIpc) is 2.73. The molecule has 0 atom stereocenters. The molecule has 90 valence electrons. The van der Waals surface area contributed by atoms with E-state index in [0.717, 1.165) is 35.3 Å². The van der Waals surface area contributed by atoms with Crippen LogP contribution in [-0.4, -0.2) is 18.2 Å². The first-order valence-electron chi connectivity index (χ1n) is 5.80. The third-order valence-electron chi connectivity index (χ3n) is 3.28. The SMILES string of the molecule is CCC(C(=O)O)=C1CCc2c(OC)cccc21. The summed E-state index contributed by atoms with van der Waals surface area (Å²) in [6.45, 7) is 1.88. The third kappa shape index (κ3) is 1.93. The molecular formula is C14H16O3. The first kappa shape index (κ1) is 11.7. The normalized spacial score (nSPS) is 16.6. The van der Waals surface area contributed by atoms with Crippen molar-refractivity contribution in [2.75, 3.05) is 7.11 Å². The molecule has 0 saturated carbocycles. The fourth-order valence-electron chi connectivity index (χ4n) is 2.49. The van der Waals surface area contributed by atoms with Gasteiger partial charge in [-0.3, -0.25) is 0 Å². The Labute approximate surface area is 101 Å². The Morgan fingerprint density at radius 2 is 2.18 bits per heavy atom. The Kier molecular flexibility index (Phi) is 3.18. The van der Waals surface area contributed by atoms with E-state index in [-0.39, 0.29) is 0 Å². The van der Waals surface area contributed by atoms with E-state index >= 15 is 0 Å². The molecule has 17 heavy (non-hydrogen) atoms. The highest BCUT2D eigenvalue weighted by molar-refractivity contribution is 5.98. The van der Waals surface area contributed by atoms with E-state index in [0.29, 0.717) is 12.0 Å². The summed E-state index contributed by atoms with van der Waals surface area (Å²) in [6.07, 6.45) is 2.22. The summed E-state index contributed by atoms with van der Waals surface area (Å²) in [5.74, 6) is 0.0523. The van der Waals surface area contributed by atoms with Crippen molar-refractivity contribution >= 4 is 11.5 Å². The maximum absolute atomic E-state index is 11.2. The van der Waals surface area contributed by atoms with Crippen molar-refractivity contribution in [3.05, 3.63) is 34.9 Å². The van der Waals surface area contributed by atoms with Crippen LogP contribution in [0.1, 0.15) is 30.9 Å². The van der Waals surface area contributed by atoms with Crippen LogP contribution in [0.5, 0.6) is 5.75 Å².